The van der Waals surface area contributed by atoms with Gasteiger partial charge in [0, 0.05) is 5.56 Å². The summed E-state index contributed by atoms with van der Waals surface area (Å²) in [5.41, 5.74) is 6.53. The molecular weight excluding hydrogens is 273 g/mol. The number of ether oxygens (including phenoxy) is 1. The molecule has 0 radical (unpaired) electrons. The predicted octanol–water partition coefficient (Wildman–Crippen LogP) is 2.21. The molecule has 0 heterocycles. The van der Waals surface area contributed by atoms with Crippen molar-refractivity contribution < 1.29 is 18.7 Å². The Morgan fingerprint density at radius 1 is 1.05 bits per heavy atom. The van der Waals surface area contributed by atoms with E-state index >= 15 is 0 Å². The molecule has 0 aromatic heterocycles. The zero-order chi connectivity index (χ0) is 15.2. The van der Waals surface area contributed by atoms with Crippen LogP contribution in [0.4, 0.5) is 4.39 Å². The van der Waals surface area contributed by atoms with E-state index in [1.54, 1.807) is 36.4 Å². The Bertz CT molecular complexity index is 653. The predicted molar refractivity (Wildman–Crippen MR) is 74.9 cm³/mol. The van der Waals surface area contributed by atoms with Crippen molar-refractivity contribution in [1.82, 2.24) is 0 Å². The van der Waals surface area contributed by atoms with Gasteiger partial charge in [-0.05, 0) is 29.3 Å². The standard InChI is InChI=1S/C16H14FNO3/c17-14-4-2-1-3-13(14)9-15(19)21-10-11-5-7-12(8-6-11)16(18)20/h1-8H,9-10H2,(H2,18,20). The van der Waals surface area contributed by atoms with Crippen LogP contribution in [0.1, 0.15) is 21.5 Å². The van der Waals surface area contributed by atoms with Crippen LogP contribution >= 0.6 is 0 Å². The first-order chi connectivity index (χ1) is 10.1. The summed E-state index contributed by atoms with van der Waals surface area (Å²) < 4.78 is 18.4. The van der Waals surface area contributed by atoms with Gasteiger partial charge in [-0.3, -0.25) is 9.59 Å². The van der Waals surface area contributed by atoms with Gasteiger partial charge in [-0.25, -0.2) is 4.39 Å². The molecule has 0 aliphatic rings. The van der Waals surface area contributed by atoms with Crippen molar-refractivity contribution in [3.8, 4) is 0 Å². The number of primary amides is 1. The molecule has 1 amide bonds. The maximum atomic E-state index is 13.4. The number of hydrogen-bond acceptors (Lipinski definition) is 3. The van der Waals surface area contributed by atoms with Crippen molar-refractivity contribution in [1.29, 1.82) is 0 Å². The van der Waals surface area contributed by atoms with Gasteiger partial charge in [0.15, 0.2) is 0 Å². The van der Waals surface area contributed by atoms with Crippen molar-refractivity contribution in [3.05, 3.63) is 71.0 Å². The van der Waals surface area contributed by atoms with Crippen LogP contribution in [0.25, 0.3) is 0 Å². The largest absolute Gasteiger partial charge is 0.461 e. The number of esters is 1. The number of rotatable bonds is 5. The molecule has 4 nitrogen and oxygen atoms in total. The monoisotopic (exact) mass is 287 g/mol. The van der Waals surface area contributed by atoms with Gasteiger partial charge in [-0.15, -0.1) is 0 Å². The van der Waals surface area contributed by atoms with Crippen LogP contribution in [-0.4, -0.2) is 11.9 Å². The fourth-order valence-corrected chi connectivity index (χ4v) is 1.78. The zero-order valence-corrected chi connectivity index (χ0v) is 11.2. The summed E-state index contributed by atoms with van der Waals surface area (Å²) in [6.07, 6.45) is -0.119. The minimum Gasteiger partial charge on any atom is -0.461 e. The fourth-order valence-electron chi connectivity index (χ4n) is 1.78. The fraction of sp³-hybridized carbons (Fsp3) is 0.125. The lowest BCUT2D eigenvalue weighted by atomic mass is 10.1. The van der Waals surface area contributed by atoms with E-state index in [9.17, 15) is 14.0 Å². The van der Waals surface area contributed by atoms with Gasteiger partial charge in [0.05, 0.1) is 6.42 Å². The lowest BCUT2D eigenvalue weighted by molar-refractivity contribution is -0.144. The lowest BCUT2D eigenvalue weighted by Crippen LogP contribution is -2.11. The molecule has 0 saturated heterocycles. The van der Waals surface area contributed by atoms with Gasteiger partial charge in [0.2, 0.25) is 5.91 Å². The van der Waals surface area contributed by atoms with E-state index < -0.39 is 17.7 Å². The number of carbonyl (C=O) groups is 2. The number of halogens is 1. The van der Waals surface area contributed by atoms with Crippen molar-refractivity contribution >= 4 is 11.9 Å². The van der Waals surface area contributed by atoms with Gasteiger partial charge < -0.3 is 10.5 Å². The third-order valence-corrected chi connectivity index (χ3v) is 2.93. The zero-order valence-electron chi connectivity index (χ0n) is 11.2. The SMILES string of the molecule is NC(=O)c1ccc(COC(=O)Cc2ccccc2F)cc1. The molecular formula is C16H14FNO3. The third kappa shape index (κ3) is 4.14. The van der Waals surface area contributed by atoms with Gasteiger partial charge in [0.25, 0.3) is 0 Å². The molecule has 2 aromatic rings. The van der Waals surface area contributed by atoms with E-state index in [-0.39, 0.29) is 13.0 Å². The summed E-state index contributed by atoms with van der Waals surface area (Å²) in [5.74, 6) is -1.46. The van der Waals surface area contributed by atoms with E-state index in [4.69, 9.17) is 10.5 Å². The highest BCUT2D eigenvalue weighted by atomic mass is 19.1. The minimum absolute atomic E-state index is 0.0618. The van der Waals surface area contributed by atoms with E-state index in [0.717, 1.165) is 5.56 Å². The molecule has 0 saturated carbocycles. The molecule has 0 spiro atoms. The van der Waals surface area contributed by atoms with Gasteiger partial charge in [-0.2, -0.15) is 0 Å². The summed E-state index contributed by atoms with van der Waals surface area (Å²) in [4.78, 5) is 22.6. The van der Waals surface area contributed by atoms with Gasteiger partial charge >= 0.3 is 5.97 Å². The van der Waals surface area contributed by atoms with Crippen molar-refractivity contribution in [2.45, 2.75) is 13.0 Å². The minimum atomic E-state index is -0.516. The van der Waals surface area contributed by atoms with Crippen LogP contribution in [0.5, 0.6) is 0 Å². The quantitative estimate of drug-likeness (QED) is 0.857. The summed E-state index contributed by atoms with van der Waals surface area (Å²) in [7, 11) is 0. The van der Waals surface area contributed by atoms with Crippen LogP contribution in [0.2, 0.25) is 0 Å². The average Bonchev–Trinajstić information content (AvgIpc) is 2.48. The normalized spacial score (nSPS) is 10.1. The summed E-state index contributed by atoms with van der Waals surface area (Å²) in [5, 5.41) is 0. The number of amides is 1. The van der Waals surface area contributed by atoms with Crippen LogP contribution in [0.3, 0.4) is 0 Å². The highest BCUT2D eigenvalue weighted by Crippen LogP contribution is 2.09. The van der Waals surface area contributed by atoms with Crippen LogP contribution in [-0.2, 0) is 22.6 Å². The average molecular weight is 287 g/mol. The van der Waals surface area contributed by atoms with Gasteiger partial charge in [0.1, 0.15) is 12.4 Å². The summed E-state index contributed by atoms with van der Waals surface area (Å²) in [6, 6.07) is 12.5. The Morgan fingerprint density at radius 2 is 1.71 bits per heavy atom. The molecule has 2 N–H and O–H groups in total. The molecule has 0 aliphatic heterocycles. The molecule has 0 unspecified atom stereocenters. The number of hydrogen-bond donors (Lipinski definition) is 1. The molecule has 108 valence electrons. The molecule has 5 heteroatoms. The van der Waals surface area contributed by atoms with Crippen LogP contribution in [0, 0.1) is 5.82 Å². The Kier molecular flexibility index (Phi) is 4.66. The first-order valence-corrected chi connectivity index (χ1v) is 6.34. The molecule has 2 aromatic carbocycles. The van der Waals surface area contributed by atoms with Crippen LogP contribution in [0.15, 0.2) is 48.5 Å². The lowest BCUT2D eigenvalue weighted by Gasteiger charge is -2.06. The summed E-state index contributed by atoms with van der Waals surface area (Å²) in [6.45, 7) is 0.0618. The Labute approximate surface area is 121 Å². The maximum Gasteiger partial charge on any atom is 0.310 e. The Balaban J connectivity index is 1.89. The molecule has 0 aliphatic carbocycles. The van der Waals surface area contributed by atoms with Gasteiger partial charge in [-0.1, -0.05) is 30.3 Å². The first kappa shape index (κ1) is 14.7. The van der Waals surface area contributed by atoms with E-state index in [2.05, 4.69) is 0 Å². The first-order valence-electron chi connectivity index (χ1n) is 6.34. The molecule has 0 fully saturated rings. The second kappa shape index (κ2) is 6.65. The molecule has 0 bridgehead atoms. The smallest absolute Gasteiger partial charge is 0.310 e. The molecule has 2 rings (SSSR count). The maximum absolute atomic E-state index is 13.4. The highest BCUT2D eigenvalue weighted by Gasteiger charge is 2.09. The van der Waals surface area contributed by atoms with Crippen molar-refractivity contribution in [2.75, 3.05) is 0 Å². The van der Waals surface area contributed by atoms with E-state index in [0.29, 0.717) is 11.1 Å². The molecule has 21 heavy (non-hydrogen) atoms. The number of carbonyl (C=O) groups excluding carboxylic acids is 2. The van der Waals surface area contributed by atoms with Crippen LogP contribution < -0.4 is 5.73 Å². The second-order valence-electron chi connectivity index (χ2n) is 4.49. The second-order valence-corrected chi connectivity index (χ2v) is 4.49. The van der Waals surface area contributed by atoms with Crippen molar-refractivity contribution in [3.63, 3.8) is 0 Å². The van der Waals surface area contributed by atoms with E-state index in [1.165, 1.54) is 12.1 Å². The number of nitrogens with two attached hydrogens (primary N) is 1. The summed E-state index contributed by atoms with van der Waals surface area (Å²) >= 11 is 0. The Hall–Kier alpha value is -2.69. The Morgan fingerprint density at radius 3 is 2.33 bits per heavy atom. The topological polar surface area (TPSA) is 69.4 Å². The highest BCUT2D eigenvalue weighted by molar-refractivity contribution is 5.92. The number of benzene rings is 2. The van der Waals surface area contributed by atoms with E-state index in [1.807, 2.05) is 0 Å². The third-order valence-electron chi connectivity index (χ3n) is 2.93. The van der Waals surface area contributed by atoms with Crippen molar-refractivity contribution in [2.24, 2.45) is 5.73 Å². The molecule has 0 atom stereocenters.